The Morgan fingerprint density at radius 2 is 1.79 bits per heavy atom. The molecule has 0 aromatic rings. The van der Waals surface area contributed by atoms with E-state index < -0.39 is 11.7 Å². The summed E-state index contributed by atoms with van der Waals surface area (Å²) in [6.45, 7) is 3.15. The molecule has 1 fully saturated rings. The number of morpholine rings is 1. The van der Waals surface area contributed by atoms with Gasteiger partial charge in [-0.2, -0.15) is 13.2 Å². The molecular weight excluding hydrogens is 202 g/mol. The van der Waals surface area contributed by atoms with Crippen molar-refractivity contribution in [3.05, 3.63) is 11.8 Å². The summed E-state index contributed by atoms with van der Waals surface area (Å²) in [7, 11) is 0. The molecule has 1 aliphatic heterocycles. The minimum atomic E-state index is -4.21. The lowest BCUT2D eigenvalue weighted by atomic mass is 10.3. The third-order valence-corrected chi connectivity index (χ3v) is 1.87. The lowest BCUT2D eigenvalue weighted by Gasteiger charge is -2.26. The average Bonchev–Trinajstić information content (AvgIpc) is 2.04. The molecule has 1 rings (SSSR count). The Morgan fingerprint density at radius 3 is 2.21 bits per heavy atom. The molecule has 0 bridgehead atoms. The number of allylic oxidation sites excluding steroid dienone is 1. The fourth-order valence-electron chi connectivity index (χ4n) is 1.05. The number of alkyl halides is 3. The van der Waals surface area contributed by atoms with Crippen LogP contribution in [0.3, 0.4) is 0 Å². The minimum Gasteiger partial charge on any atom is -0.378 e. The highest BCUT2D eigenvalue weighted by molar-refractivity contribution is 5.04. The smallest absolute Gasteiger partial charge is 0.378 e. The normalized spacial score (nSPS) is 19.1. The Morgan fingerprint density at radius 1 is 1.29 bits per heavy atom. The third-order valence-electron chi connectivity index (χ3n) is 1.87. The van der Waals surface area contributed by atoms with Gasteiger partial charge in [-0.15, -0.1) is 0 Å². The number of nitrogens with zero attached hydrogens (tertiary/aromatic N) is 1. The molecule has 0 radical (unpaired) electrons. The van der Waals surface area contributed by atoms with Crippen LogP contribution >= 0.6 is 0 Å². The SMILES string of the molecule is CC(=CN1CCOCC1)C(F)(F)F.F. The lowest BCUT2D eigenvalue weighted by molar-refractivity contribution is -0.0929. The first-order chi connectivity index (χ1) is 6.00. The van der Waals surface area contributed by atoms with Gasteiger partial charge in [0.1, 0.15) is 0 Å². The Labute approximate surface area is 79.7 Å². The molecule has 0 saturated carbocycles. The van der Waals surface area contributed by atoms with Gasteiger partial charge in [-0.25, -0.2) is 0 Å². The molecule has 0 spiro atoms. The molecular formula is C8H13F4NO. The monoisotopic (exact) mass is 215 g/mol. The molecule has 84 valence electrons. The average molecular weight is 215 g/mol. The zero-order valence-corrected chi connectivity index (χ0v) is 7.80. The molecule has 1 heterocycles. The van der Waals surface area contributed by atoms with Crippen molar-refractivity contribution in [2.45, 2.75) is 13.1 Å². The molecule has 0 amide bonds. The standard InChI is InChI=1S/C8H12F3NO.FH/c1-7(8(9,10)11)6-12-2-4-13-5-3-12;/h6H,2-5H2,1H3;1H. The maximum atomic E-state index is 12.1. The van der Waals surface area contributed by atoms with Crippen LogP contribution < -0.4 is 0 Å². The van der Waals surface area contributed by atoms with Crippen LogP contribution in [0.1, 0.15) is 6.92 Å². The quantitative estimate of drug-likeness (QED) is 0.620. The van der Waals surface area contributed by atoms with Gasteiger partial charge >= 0.3 is 6.18 Å². The Balaban J connectivity index is 0.00000169. The zero-order chi connectivity index (χ0) is 9.90. The highest BCUT2D eigenvalue weighted by Gasteiger charge is 2.30. The van der Waals surface area contributed by atoms with E-state index in [9.17, 15) is 13.2 Å². The summed E-state index contributed by atoms with van der Waals surface area (Å²) in [6, 6.07) is 0. The van der Waals surface area contributed by atoms with E-state index in [1.807, 2.05) is 0 Å². The van der Waals surface area contributed by atoms with E-state index in [0.717, 1.165) is 13.1 Å². The van der Waals surface area contributed by atoms with Crippen molar-refractivity contribution in [3.63, 3.8) is 0 Å². The van der Waals surface area contributed by atoms with Crippen LogP contribution in [-0.2, 0) is 4.74 Å². The van der Waals surface area contributed by atoms with Crippen LogP contribution in [0.2, 0.25) is 0 Å². The van der Waals surface area contributed by atoms with E-state index in [-0.39, 0.29) is 4.70 Å². The number of rotatable bonds is 1. The molecule has 14 heavy (non-hydrogen) atoms. The summed E-state index contributed by atoms with van der Waals surface area (Å²) in [4.78, 5) is 1.63. The summed E-state index contributed by atoms with van der Waals surface area (Å²) in [6.07, 6.45) is -3.05. The van der Waals surface area contributed by atoms with E-state index in [2.05, 4.69) is 0 Å². The Bertz CT molecular complexity index is 196. The topological polar surface area (TPSA) is 12.5 Å². The number of ether oxygens (including phenoxy) is 1. The number of hydrogen-bond acceptors (Lipinski definition) is 2. The predicted molar refractivity (Wildman–Crippen MR) is 44.7 cm³/mol. The molecule has 1 saturated heterocycles. The molecule has 0 unspecified atom stereocenters. The first-order valence-electron chi connectivity index (χ1n) is 4.07. The number of halogens is 4. The van der Waals surface area contributed by atoms with E-state index in [4.69, 9.17) is 4.74 Å². The van der Waals surface area contributed by atoms with Gasteiger partial charge in [-0.1, -0.05) is 0 Å². The second-order valence-corrected chi connectivity index (χ2v) is 2.96. The summed E-state index contributed by atoms with van der Waals surface area (Å²) in [5.41, 5.74) is -0.561. The highest BCUT2D eigenvalue weighted by atomic mass is 19.4. The van der Waals surface area contributed by atoms with Crippen LogP contribution in [-0.4, -0.2) is 37.4 Å². The van der Waals surface area contributed by atoms with Crippen LogP contribution in [0.25, 0.3) is 0 Å². The molecule has 0 aromatic heterocycles. The largest absolute Gasteiger partial charge is 0.413 e. The predicted octanol–water partition coefficient (Wildman–Crippen LogP) is 1.94. The van der Waals surface area contributed by atoms with E-state index in [0.29, 0.717) is 26.3 Å². The van der Waals surface area contributed by atoms with Gasteiger partial charge in [-0.3, -0.25) is 4.70 Å². The number of hydrogen-bond donors (Lipinski definition) is 0. The fraction of sp³-hybridized carbons (Fsp3) is 0.750. The Hall–Kier alpha value is -0.780. The van der Waals surface area contributed by atoms with E-state index >= 15 is 0 Å². The maximum Gasteiger partial charge on any atom is 0.413 e. The van der Waals surface area contributed by atoms with Crippen LogP contribution in [0, 0.1) is 0 Å². The van der Waals surface area contributed by atoms with Crippen LogP contribution in [0.4, 0.5) is 17.9 Å². The zero-order valence-electron chi connectivity index (χ0n) is 7.80. The third kappa shape index (κ3) is 3.95. The highest BCUT2D eigenvalue weighted by Crippen LogP contribution is 2.25. The van der Waals surface area contributed by atoms with Crippen molar-refractivity contribution in [1.29, 1.82) is 0 Å². The first kappa shape index (κ1) is 13.2. The van der Waals surface area contributed by atoms with Crippen LogP contribution in [0.5, 0.6) is 0 Å². The van der Waals surface area contributed by atoms with Crippen LogP contribution in [0.15, 0.2) is 11.8 Å². The summed E-state index contributed by atoms with van der Waals surface area (Å²) < 4.78 is 41.2. The molecule has 6 heteroatoms. The van der Waals surface area contributed by atoms with Crippen molar-refractivity contribution in [2.24, 2.45) is 0 Å². The van der Waals surface area contributed by atoms with Crippen molar-refractivity contribution in [1.82, 2.24) is 4.90 Å². The van der Waals surface area contributed by atoms with Gasteiger partial charge in [0.05, 0.1) is 13.2 Å². The van der Waals surface area contributed by atoms with Crippen molar-refractivity contribution in [3.8, 4) is 0 Å². The minimum absolute atomic E-state index is 0. The van der Waals surface area contributed by atoms with E-state index in [1.165, 1.54) is 0 Å². The van der Waals surface area contributed by atoms with Gasteiger partial charge in [-0.05, 0) is 6.92 Å². The van der Waals surface area contributed by atoms with Crippen molar-refractivity contribution in [2.75, 3.05) is 26.3 Å². The van der Waals surface area contributed by atoms with Gasteiger partial charge in [0.25, 0.3) is 0 Å². The first-order valence-corrected chi connectivity index (χ1v) is 4.07. The molecule has 0 atom stereocenters. The molecule has 2 nitrogen and oxygen atoms in total. The maximum absolute atomic E-state index is 12.1. The van der Waals surface area contributed by atoms with Crippen molar-refractivity contribution < 1.29 is 22.6 Å². The fourth-order valence-corrected chi connectivity index (χ4v) is 1.05. The molecule has 1 aliphatic rings. The lowest BCUT2D eigenvalue weighted by Crippen LogP contribution is -2.33. The van der Waals surface area contributed by atoms with Gasteiger partial charge in [0, 0.05) is 24.9 Å². The second-order valence-electron chi connectivity index (χ2n) is 2.96. The summed E-state index contributed by atoms with van der Waals surface area (Å²) >= 11 is 0. The Kier molecular flexibility index (Phi) is 4.90. The summed E-state index contributed by atoms with van der Waals surface area (Å²) in [5.74, 6) is 0. The van der Waals surface area contributed by atoms with E-state index in [1.54, 1.807) is 4.90 Å². The van der Waals surface area contributed by atoms with Gasteiger partial charge in [0.2, 0.25) is 0 Å². The summed E-state index contributed by atoms with van der Waals surface area (Å²) in [5, 5.41) is 0. The van der Waals surface area contributed by atoms with Gasteiger partial charge < -0.3 is 9.64 Å². The molecule has 0 N–H and O–H groups in total. The second kappa shape index (κ2) is 5.19. The molecule has 0 aliphatic carbocycles. The van der Waals surface area contributed by atoms with Gasteiger partial charge in [0.15, 0.2) is 0 Å². The molecule has 0 aromatic carbocycles. The van der Waals surface area contributed by atoms with Crippen molar-refractivity contribution >= 4 is 0 Å².